The van der Waals surface area contributed by atoms with Crippen molar-refractivity contribution < 1.29 is 35.5 Å². The molecule has 0 unspecified atom stereocenters. The number of imidazole rings is 2. The molecule has 11 nitrogen and oxygen atoms in total. The highest BCUT2D eigenvalue weighted by molar-refractivity contribution is 7.85. The van der Waals surface area contributed by atoms with Crippen molar-refractivity contribution in [1.82, 2.24) is 19.0 Å². The number of rotatable bonds is 5. The van der Waals surface area contributed by atoms with Gasteiger partial charge in [-0.2, -0.15) is 23.0 Å². The standard InChI is InChI=1S/C27H23F3N6O2.C6H6O3S/c1-17-23(24-33(2)13-14-34(24)21-11-9-18(16-31)10-12-21)36(25(37)32-20-6-4-7-20)26(38)35(17)22-8-3-5-19(15-22)27(28,29)30;7-10(8,9)6-4-2-1-3-5-6/h3,5,8-15,20H,4,6-7H2,1-2H3;1-5H,(H,7,8,9). The maximum atomic E-state index is 13.8. The third kappa shape index (κ3) is 6.94. The smallest absolute Gasteiger partial charge is 0.416 e. The van der Waals surface area contributed by atoms with Gasteiger partial charge in [-0.25, -0.2) is 27.1 Å². The Morgan fingerprint density at radius 1 is 1.02 bits per heavy atom. The van der Waals surface area contributed by atoms with E-state index < -0.39 is 33.6 Å². The number of hydrogen-bond acceptors (Lipinski definition) is 6. The molecule has 1 fully saturated rings. The summed E-state index contributed by atoms with van der Waals surface area (Å²) >= 11 is 0. The average molecular weight is 679 g/mol. The second-order valence-corrected chi connectivity index (χ2v) is 12.4. The highest BCUT2D eigenvalue weighted by Crippen LogP contribution is 2.32. The zero-order valence-electron chi connectivity index (χ0n) is 25.7. The third-order valence-corrected chi connectivity index (χ3v) is 8.72. The van der Waals surface area contributed by atoms with Crippen LogP contribution in [0, 0.1) is 18.3 Å². The predicted molar refractivity (Wildman–Crippen MR) is 166 cm³/mol. The Morgan fingerprint density at radius 3 is 2.23 bits per heavy atom. The molecule has 1 aliphatic rings. The Kier molecular flexibility index (Phi) is 9.42. The lowest BCUT2D eigenvalue weighted by Crippen LogP contribution is -2.45. The van der Waals surface area contributed by atoms with Crippen molar-refractivity contribution >= 4 is 16.1 Å². The molecule has 3 aromatic carbocycles. The fourth-order valence-electron chi connectivity index (χ4n) is 5.23. The lowest BCUT2D eigenvalue weighted by atomic mass is 9.93. The summed E-state index contributed by atoms with van der Waals surface area (Å²) in [6.07, 6.45) is 1.44. The highest BCUT2D eigenvalue weighted by Gasteiger charge is 2.35. The number of nitrogens with one attached hydrogen (secondary N) is 1. The summed E-state index contributed by atoms with van der Waals surface area (Å²) in [4.78, 5) is 27.0. The highest BCUT2D eigenvalue weighted by atomic mass is 32.2. The van der Waals surface area contributed by atoms with Crippen molar-refractivity contribution in [1.29, 1.82) is 5.26 Å². The topological polar surface area (TPSA) is 146 Å². The van der Waals surface area contributed by atoms with Crippen molar-refractivity contribution in [3.05, 3.63) is 119 Å². The number of aryl methyl sites for hydroxylation is 1. The van der Waals surface area contributed by atoms with Gasteiger partial charge in [-0.1, -0.05) is 24.3 Å². The number of alkyl halides is 3. The van der Waals surface area contributed by atoms with Gasteiger partial charge in [0.15, 0.2) is 5.69 Å². The predicted octanol–water partition coefficient (Wildman–Crippen LogP) is 4.82. The zero-order valence-corrected chi connectivity index (χ0v) is 26.5. The van der Waals surface area contributed by atoms with E-state index in [1.54, 1.807) is 65.8 Å². The van der Waals surface area contributed by atoms with Crippen LogP contribution < -0.4 is 15.6 Å². The van der Waals surface area contributed by atoms with Crippen molar-refractivity contribution in [2.45, 2.75) is 43.3 Å². The largest absolute Gasteiger partial charge is 0.744 e. The van der Waals surface area contributed by atoms with Gasteiger partial charge < -0.3 is 9.87 Å². The molecule has 2 heterocycles. The number of aromatic nitrogens is 4. The van der Waals surface area contributed by atoms with Crippen LogP contribution in [0.5, 0.6) is 0 Å². The van der Waals surface area contributed by atoms with Crippen LogP contribution >= 0.6 is 0 Å². The first kappa shape index (κ1) is 33.9. The van der Waals surface area contributed by atoms with E-state index in [2.05, 4.69) is 11.4 Å². The molecule has 2 aromatic heterocycles. The van der Waals surface area contributed by atoms with E-state index in [-0.39, 0.29) is 22.3 Å². The summed E-state index contributed by atoms with van der Waals surface area (Å²) in [5.74, 6) is 0.457. The Morgan fingerprint density at radius 2 is 1.69 bits per heavy atom. The molecule has 15 heteroatoms. The number of hydrogen-bond donors (Lipinski definition) is 1. The van der Waals surface area contributed by atoms with Gasteiger partial charge in [0.2, 0.25) is 0 Å². The molecular formula is C33H29F3N6O5S. The number of carbonyl (C=O) groups excluding carboxylic acids is 1. The summed E-state index contributed by atoms with van der Waals surface area (Å²) < 4.78 is 76.9. The van der Waals surface area contributed by atoms with E-state index in [4.69, 9.17) is 5.26 Å². The molecular weight excluding hydrogens is 649 g/mol. The summed E-state index contributed by atoms with van der Waals surface area (Å²) in [6, 6.07) is 19.8. The molecule has 1 amide bonds. The molecule has 0 radical (unpaired) electrons. The quantitative estimate of drug-likeness (QED) is 0.208. The SMILES string of the molecule is Cc1c(-c2n(-c3ccc(C#N)cc3)cc[n+]2C)n(C(=O)NC2CCC2)c(=O)n1-c1cccc(C(F)(F)F)c1.O=S(=O)([O-])c1ccccc1. The lowest BCUT2D eigenvalue weighted by molar-refractivity contribution is -0.659. The maximum Gasteiger partial charge on any atom is 0.416 e. The Balaban J connectivity index is 0.000000387. The summed E-state index contributed by atoms with van der Waals surface area (Å²) in [5.41, 5.74) is -0.0109. The minimum atomic E-state index is -4.60. The second-order valence-electron chi connectivity index (χ2n) is 11.0. The zero-order chi connectivity index (χ0) is 34.8. The Bertz CT molecular complexity index is 2180. The minimum absolute atomic E-state index is 0.00194. The van der Waals surface area contributed by atoms with E-state index in [0.717, 1.165) is 40.5 Å². The normalized spacial score (nSPS) is 13.2. The molecule has 0 atom stereocenters. The van der Waals surface area contributed by atoms with E-state index in [0.29, 0.717) is 22.8 Å². The monoisotopic (exact) mass is 678 g/mol. The summed E-state index contributed by atoms with van der Waals surface area (Å²) in [6.45, 7) is 1.60. The molecule has 1 saturated carbocycles. The molecule has 0 aliphatic heterocycles. The van der Waals surface area contributed by atoms with Crippen molar-refractivity contribution in [2.24, 2.45) is 7.05 Å². The number of carbonyl (C=O) groups is 1. The number of halogens is 3. The van der Waals surface area contributed by atoms with Crippen LogP contribution in [0.15, 0.2) is 101 Å². The Labute approximate surface area is 273 Å². The number of amides is 1. The van der Waals surface area contributed by atoms with Gasteiger partial charge in [0.25, 0.3) is 0 Å². The van der Waals surface area contributed by atoms with Gasteiger partial charge in [0, 0.05) is 6.04 Å². The van der Waals surface area contributed by atoms with Gasteiger partial charge in [-0.15, -0.1) is 0 Å². The Hall–Kier alpha value is -5.46. The first-order valence-corrected chi connectivity index (χ1v) is 16.0. The van der Waals surface area contributed by atoms with Gasteiger partial charge in [-0.05, 0) is 80.8 Å². The van der Waals surface area contributed by atoms with Crippen LogP contribution in [0.4, 0.5) is 18.0 Å². The fraction of sp³-hybridized carbons (Fsp3) is 0.212. The first-order valence-electron chi connectivity index (χ1n) is 14.6. The van der Waals surface area contributed by atoms with Gasteiger partial charge >= 0.3 is 23.7 Å². The molecule has 0 bridgehead atoms. The van der Waals surface area contributed by atoms with Crippen molar-refractivity contribution in [3.63, 3.8) is 0 Å². The van der Waals surface area contributed by atoms with Crippen LogP contribution in [0.1, 0.15) is 36.1 Å². The molecule has 48 heavy (non-hydrogen) atoms. The number of nitrogens with zero attached hydrogens (tertiary/aromatic N) is 5. The summed E-state index contributed by atoms with van der Waals surface area (Å²) in [7, 11) is -2.51. The van der Waals surface area contributed by atoms with Gasteiger partial charge in [0.1, 0.15) is 28.2 Å². The first-order chi connectivity index (χ1) is 22.7. The van der Waals surface area contributed by atoms with Crippen LogP contribution in [-0.2, 0) is 23.3 Å². The minimum Gasteiger partial charge on any atom is -0.744 e. The molecule has 5 aromatic rings. The molecule has 0 spiro atoms. The molecule has 1 N–H and O–H groups in total. The summed E-state index contributed by atoms with van der Waals surface area (Å²) in [5, 5.41) is 12.0. The molecule has 6 rings (SSSR count). The average Bonchev–Trinajstić information content (AvgIpc) is 3.53. The molecule has 248 valence electrons. The fourth-order valence-corrected chi connectivity index (χ4v) is 5.72. The van der Waals surface area contributed by atoms with E-state index in [1.807, 2.05) is 0 Å². The van der Waals surface area contributed by atoms with Crippen molar-refractivity contribution in [3.8, 4) is 29.0 Å². The second kappa shape index (κ2) is 13.3. The van der Waals surface area contributed by atoms with Crippen LogP contribution in [0.3, 0.4) is 0 Å². The molecule has 1 aliphatic carbocycles. The molecule has 0 saturated heterocycles. The third-order valence-electron chi connectivity index (χ3n) is 7.87. The van der Waals surface area contributed by atoms with Gasteiger partial charge in [0.05, 0.1) is 40.5 Å². The van der Waals surface area contributed by atoms with E-state index in [9.17, 15) is 35.7 Å². The van der Waals surface area contributed by atoms with Crippen LogP contribution in [0.2, 0.25) is 0 Å². The van der Waals surface area contributed by atoms with Gasteiger partial charge in [-0.3, -0.25) is 4.57 Å². The van der Waals surface area contributed by atoms with E-state index in [1.165, 1.54) is 36.4 Å². The lowest BCUT2D eigenvalue weighted by Gasteiger charge is -2.26. The van der Waals surface area contributed by atoms with Crippen LogP contribution in [0.25, 0.3) is 22.9 Å². The number of benzene rings is 3. The number of nitriles is 1. The van der Waals surface area contributed by atoms with E-state index >= 15 is 0 Å². The maximum absolute atomic E-state index is 13.8. The van der Waals surface area contributed by atoms with Crippen LogP contribution in [-0.4, -0.2) is 38.7 Å². The van der Waals surface area contributed by atoms with Crippen molar-refractivity contribution in [2.75, 3.05) is 0 Å².